The Labute approximate surface area is 241 Å². The van der Waals surface area contributed by atoms with E-state index in [0.717, 1.165) is 34.7 Å². The minimum absolute atomic E-state index is 0.184. The summed E-state index contributed by atoms with van der Waals surface area (Å²) in [5, 5.41) is 10.9. The molecule has 214 valence electrons. The summed E-state index contributed by atoms with van der Waals surface area (Å²) >= 11 is 0. The van der Waals surface area contributed by atoms with Crippen LogP contribution in [0, 0.1) is 6.92 Å². The highest BCUT2D eigenvalue weighted by atomic mass is 32.2. The smallest absolute Gasteiger partial charge is 0.244 e. The summed E-state index contributed by atoms with van der Waals surface area (Å²) in [6.07, 6.45) is 10.4. The molecule has 0 bridgehead atoms. The molecular formula is C31H35FN6O2S. The quantitative estimate of drug-likeness (QED) is 0.264. The first kappa shape index (κ1) is 28.5. The number of nitrogens with one attached hydrogen (secondary N) is 1. The average Bonchev–Trinajstić information content (AvgIpc) is 3.58. The molecule has 0 radical (unpaired) electrons. The second-order valence-electron chi connectivity index (χ2n) is 10.3. The highest BCUT2D eigenvalue weighted by molar-refractivity contribution is 7.89. The Morgan fingerprint density at radius 1 is 1.22 bits per heavy atom. The molecule has 0 amide bonds. The standard InChI is InChI=1S/C31H35FN6O2S/c1-4-10-27(15-8-11-23(2)32)37-21-25-12-9-16-30(29(25)19-33-37)36-18-17-26(22-36)35-41(39,40)31-20-34-38(24(31)3)28-13-6-5-7-14-28/h4-14,16,19-20,23,26,35H,1,15,17-18,21-22H2,2-3H3/b11-8-,27-10+. The van der Waals surface area contributed by atoms with Gasteiger partial charge in [-0.15, -0.1) is 0 Å². The van der Waals surface area contributed by atoms with E-state index in [0.29, 0.717) is 31.6 Å². The molecule has 10 heteroatoms. The molecule has 1 saturated heterocycles. The van der Waals surface area contributed by atoms with Gasteiger partial charge in [-0.1, -0.05) is 55.1 Å². The van der Waals surface area contributed by atoms with E-state index in [1.807, 2.05) is 53.7 Å². The number of halogens is 1. The Bertz CT molecular complexity index is 1590. The van der Waals surface area contributed by atoms with Gasteiger partial charge in [0.25, 0.3) is 0 Å². The van der Waals surface area contributed by atoms with Crippen LogP contribution in [0.1, 0.15) is 36.6 Å². The van der Waals surface area contributed by atoms with Crippen molar-refractivity contribution < 1.29 is 12.8 Å². The predicted octanol–water partition coefficient (Wildman–Crippen LogP) is 5.26. The van der Waals surface area contributed by atoms with Crippen LogP contribution >= 0.6 is 0 Å². The molecule has 2 unspecified atom stereocenters. The Hall–Kier alpha value is -4.02. The number of rotatable bonds is 10. The Balaban J connectivity index is 1.28. The van der Waals surface area contributed by atoms with E-state index in [1.54, 1.807) is 23.8 Å². The summed E-state index contributed by atoms with van der Waals surface area (Å²) in [5.74, 6) is 0. The van der Waals surface area contributed by atoms with E-state index in [-0.39, 0.29) is 10.9 Å². The molecule has 3 heterocycles. The van der Waals surface area contributed by atoms with Gasteiger partial charge in [-0.3, -0.25) is 5.01 Å². The van der Waals surface area contributed by atoms with Gasteiger partial charge in [-0.2, -0.15) is 10.2 Å². The van der Waals surface area contributed by atoms with Crippen molar-refractivity contribution in [3.8, 4) is 5.69 Å². The number of benzene rings is 2. The van der Waals surface area contributed by atoms with Gasteiger partial charge in [0.05, 0.1) is 30.3 Å². The molecule has 1 fully saturated rings. The molecule has 2 aliphatic heterocycles. The summed E-state index contributed by atoms with van der Waals surface area (Å²) in [4.78, 5) is 2.39. The Morgan fingerprint density at radius 2 is 2.02 bits per heavy atom. The van der Waals surface area contributed by atoms with Crippen LogP contribution in [0.3, 0.4) is 0 Å². The first-order valence-electron chi connectivity index (χ1n) is 13.7. The van der Waals surface area contributed by atoms with Gasteiger partial charge in [0.2, 0.25) is 10.0 Å². The van der Waals surface area contributed by atoms with Crippen molar-refractivity contribution in [2.24, 2.45) is 5.10 Å². The number of hydrogen-bond acceptors (Lipinski definition) is 6. The van der Waals surface area contributed by atoms with E-state index in [4.69, 9.17) is 5.10 Å². The average molecular weight is 575 g/mol. The minimum atomic E-state index is -3.76. The zero-order valence-corrected chi connectivity index (χ0v) is 24.1. The highest BCUT2D eigenvalue weighted by Crippen LogP contribution is 2.31. The lowest BCUT2D eigenvalue weighted by Gasteiger charge is -2.29. The van der Waals surface area contributed by atoms with Crippen molar-refractivity contribution in [2.75, 3.05) is 18.0 Å². The number of hydrogen-bond donors (Lipinski definition) is 1. The van der Waals surface area contributed by atoms with Crippen LogP contribution in [-0.4, -0.2) is 54.7 Å². The molecule has 8 nitrogen and oxygen atoms in total. The summed E-state index contributed by atoms with van der Waals surface area (Å²) in [5.41, 5.74) is 5.47. The van der Waals surface area contributed by atoms with Crippen molar-refractivity contribution >= 4 is 21.9 Å². The summed E-state index contributed by atoms with van der Waals surface area (Å²) in [6, 6.07) is 15.4. The molecule has 2 aromatic carbocycles. The first-order valence-corrected chi connectivity index (χ1v) is 15.2. The molecule has 1 N–H and O–H groups in total. The van der Waals surface area contributed by atoms with Crippen molar-refractivity contribution in [3.63, 3.8) is 0 Å². The first-order chi connectivity index (χ1) is 19.8. The second kappa shape index (κ2) is 12.2. The van der Waals surface area contributed by atoms with Gasteiger partial charge in [0.15, 0.2) is 0 Å². The third kappa shape index (κ3) is 6.34. The number of allylic oxidation sites excluding steroid dienone is 4. The number of aromatic nitrogens is 2. The third-order valence-corrected chi connectivity index (χ3v) is 8.92. The predicted molar refractivity (Wildman–Crippen MR) is 161 cm³/mol. The molecule has 2 aliphatic rings. The van der Waals surface area contributed by atoms with E-state index in [1.165, 1.54) is 19.2 Å². The fourth-order valence-corrected chi connectivity index (χ4v) is 6.70. The van der Waals surface area contributed by atoms with Crippen LogP contribution in [0.5, 0.6) is 0 Å². The van der Waals surface area contributed by atoms with Crippen LogP contribution in [0.25, 0.3) is 5.69 Å². The SMILES string of the molecule is C=C/C=C(\C/C=C\C(C)F)N1Cc2cccc(N3CCC(NS(=O)(=O)c4cnn(-c5ccccc5)c4C)C3)c2C=N1. The van der Waals surface area contributed by atoms with Crippen LogP contribution in [0.4, 0.5) is 10.1 Å². The fourth-order valence-electron chi connectivity index (χ4n) is 5.29. The summed E-state index contributed by atoms with van der Waals surface area (Å²) < 4.78 is 44.5. The monoisotopic (exact) mass is 574 g/mol. The third-order valence-electron chi connectivity index (χ3n) is 7.30. The second-order valence-corrected chi connectivity index (χ2v) is 11.9. The normalized spacial score (nSPS) is 18.2. The van der Waals surface area contributed by atoms with Gasteiger partial charge in [0, 0.05) is 42.5 Å². The maximum absolute atomic E-state index is 13.3. The number of sulfonamides is 1. The number of hydrazone groups is 1. The Morgan fingerprint density at radius 3 is 2.78 bits per heavy atom. The lowest BCUT2D eigenvalue weighted by molar-refractivity contribution is 0.346. The van der Waals surface area contributed by atoms with Crippen molar-refractivity contribution in [3.05, 3.63) is 108 Å². The number of para-hydroxylation sites is 1. The topological polar surface area (TPSA) is 82.8 Å². The molecule has 0 spiro atoms. The number of nitrogens with zero attached hydrogens (tertiary/aromatic N) is 5. The molecule has 2 atom stereocenters. The van der Waals surface area contributed by atoms with Crippen LogP contribution in [0.2, 0.25) is 0 Å². The molecular weight excluding hydrogens is 539 g/mol. The van der Waals surface area contributed by atoms with Crippen LogP contribution < -0.4 is 9.62 Å². The number of fused-ring (bicyclic) bond motifs is 1. The van der Waals surface area contributed by atoms with Gasteiger partial charge < -0.3 is 4.90 Å². The zero-order valence-electron chi connectivity index (χ0n) is 23.3. The van der Waals surface area contributed by atoms with E-state index < -0.39 is 16.2 Å². The Kier molecular flexibility index (Phi) is 8.51. The summed E-state index contributed by atoms with van der Waals surface area (Å²) in [7, 11) is -3.76. The maximum Gasteiger partial charge on any atom is 0.244 e. The molecule has 3 aromatic rings. The molecule has 0 saturated carbocycles. The fraction of sp³-hybridized carbons (Fsp3) is 0.290. The largest absolute Gasteiger partial charge is 0.369 e. The van der Waals surface area contributed by atoms with Crippen molar-refractivity contribution in [2.45, 2.75) is 50.3 Å². The zero-order chi connectivity index (χ0) is 29.0. The van der Waals surface area contributed by atoms with Crippen molar-refractivity contribution in [1.82, 2.24) is 19.5 Å². The van der Waals surface area contributed by atoms with Crippen LogP contribution in [0.15, 0.2) is 101 Å². The van der Waals surface area contributed by atoms with Gasteiger partial charge in [0.1, 0.15) is 11.1 Å². The lowest BCUT2D eigenvalue weighted by Crippen LogP contribution is -2.37. The number of alkyl halides is 1. The van der Waals surface area contributed by atoms with Crippen molar-refractivity contribution in [1.29, 1.82) is 0 Å². The molecule has 41 heavy (non-hydrogen) atoms. The van der Waals surface area contributed by atoms with E-state index in [2.05, 4.69) is 33.4 Å². The van der Waals surface area contributed by atoms with E-state index in [9.17, 15) is 12.8 Å². The van der Waals surface area contributed by atoms with Crippen LogP contribution in [-0.2, 0) is 16.6 Å². The lowest BCUT2D eigenvalue weighted by atomic mass is 10.0. The van der Waals surface area contributed by atoms with Gasteiger partial charge in [-0.25, -0.2) is 22.2 Å². The maximum atomic E-state index is 13.3. The number of anilines is 1. The summed E-state index contributed by atoms with van der Waals surface area (Å²) in [6.45, 7) is 8.92. The van der Waals surface area contributed by atoms with Gasteiger partial charge in [-0.05, 0) is 50.1 Å². The van der Waals surface area contributed by atoms with E-state index >= 15 is 0 Å². The highest BCUT2D eigenvalue weighted by Gasteiger charge is 2.31. The molecule has 0 aliphatic carbocycles. The molecule has 1 aromatic heterocycles. The minimum Gasteiger partial charge on any atom is -0.369 e. The van der Waals surface area contributed by atoms with Gasteiger partial charge >= 0.3 is 0 Å². The molecule has 5 rings (SSSR count).